The molecule has 3 aromatic rings. The first-order chi connectivity index (χ1) is 15.0. The van der Waals surface area contributed by atoms with Crippen LogP contribution in [0.3, 0.4) is 0 Å². The second-order valence-corrected chi connectivity index (χ2v) is 11.2. The second kappa shape index (κ2) is 7.21. The Morgan fingerprint density at radius 1 is 0.719 bits per heavy atom. The van der Waals surface area contributed by atoms with E-state index in [0.717, 1.165) is 15.6 Å². The lowest BCUT2D eigenvalue weighted by Gasteiger charge is -2.42. The number of rotatable bonds is 2. The van der Waals surface area contributed by atoms with Crippen LogP contribution >= 0.6 is 15.9 Å². The summed E-state index contributed by atoms with van der Waals surface area (Å²) in [6.07, 6.45) is 0. The molecule has 1 saturated heterocycles. The van der Waals surface area contributed by atoms with Crippen LogP contribution in [0.5, 0.6) is 0 Å². The van der Waals surface area contributed by atoms with Crippen LogP contribution in [0.2, 0.25) is 0 Å². The topological polar surface area (TPSA) is 21.7 Å². The van der Waals surface area contributed by atoms with Crippen molar-refractivity contribution in [3.8, 4) is 0 Å². The Morgan fingerprint density at radius 2 is 1.28 bits per heavy atom. The molecule has 0 spiro atoms. The average Bonchev–Trinajstić information content (AvgIpc) is 2.96. The number of hydrogen-bond acceptors (Lipinski definition) is 3. The van der Waals surface area contributed by atoms with Gasteiger partial charge in [0.2, 0.25) is 0 Å². The van der Waals surface area contributed by atoms with Crippen molar-refractivity contribution >= 4 is 45.6 Å². The number of anilines is 3. The predicted octanol–water partition coefficient (Wildman–Crippen LogP) is 6.86. The van der Waals surface area contributed by atoms with Crippen LogP contribution in [-0.4, -0.2) is 18.3 Å². The zero-order chi connectivity index (χ0) is 22.9. The van der Waals surface area contributed by atoms with E-state index in [4.69, 9.17) is 9.31 Å². The monoisotopic (exact) mass is 489 g/mol. The molecular formula is C27H29BBrNO2. The van der Waals surface area contributed by atoms with Crippen LogP contribution in [0, 0.1) is 0 Å². The van der Waals surface area contributed by atoms with Crippen LogP contribution < -0.4 is 10.4 Å². The third-order valence-electron chi connectivity index (χ3n) is 7.35. The van der Waals surface area contributed by atoms with Crippen molar-refractivity contribution < 1.29 is 9.31 Å². The van der Waals surface area contributed by atoms with Crippen LogP contribution in [0.25, 0.3) is 0 Å². The van der Waals surface area contributed by atoms with E-state index in [2.05, 4.69) is 129 Å². The zero-order valence-corrected chi connectivity index (χ0v) is 21.2. The molecule has 0 N–H and O–H groups in total. The van der Waals surface area contributed by atoms with Gasteiger partial charge in [-0.05, 0) is 80.7 Å². The highest BCUT2D eigenvalue weighted by molar-refractivity contribution is 9.10. The lowest BCUT2D eigenvalue weighted by Crippen LogP contribution is -2.41. The number of fused-ring (bicyclic) bond motifs is 2. The molecule has 0 radical (unpaired) electrons. The molecular weight excluding hydrogens is 461 g/mol. The Morgan fingerprint density at radius 3 is 1.91 bits per heavy atom. The van der Waals surface area contributed by atoms with Gasteiger partial charge >= 0.3 is 7.12 Å². The largest absolute Gasteiger partial charge is 0.494 e. The van der Waals surface area contributed by atoms with Crippen LogP contribution in [0.1, 0.15) is 52.7 Å². The van der Waals surface area contributed by atoms with E-state index in [1.54, 1.807) is 0 Å². The molecule has 164 valence electrons. The fourth-order valence-electron chi connectivity index (χ4n) is 4.71. The van der Waals surface area contributed by atoms with Crippen molar-refractivity contribution in [1.29, 1.82) is 0 Å². The van der Waals surface area contributed by atoms with Crippen LogP contribution in [0.4, 0.5) is 17.1 Å². The van der Waals surface area contributed by atoms with Crippen molar-refractivity contribution in [3.05, 3.63) is 82.3 Å². The molecule has 0 bridgehead atoms. The third-order valence-corrected chi connectivity index (χ3v) is 7.84. The standard InChI is InChI=1S/C27H29BBrNO2/c1-25(2)21-16-18(28-31-26(3,4)27(5,6)32-28)12-14-23(21)30(20-10-8-7-9-11-20)24-15-13-19(29)17-22(24)25/h7-17H,1-6H3. The molecule has 2 aliphatic rings. The van der Waals surface area contributed by atoms with E-state index in [1.165, 1.54) is 22.5 Å². The molecule has 2 heterocycles. The Bertz CT molecular complexity index is 1170. The minimum atomic E-state index is -0.379. The van der Waals surface area contributed by atoms with Gasteiger partial charge in [-0.3, -0.25) is 0 Å². The number of nitrogens with zero attached hydrogens (tertiary/aromatic N) is 1. The second-order valence-electron chi connectivity index (χ2n) is 10.3. The predicted molar refractivity (Wildman–Crippen MR) is 137 cm³/mol. The molecule has 5 heteroatoms. The van der Waals surface area contributed by atoms with Gasteiger partial charge in [-0.2, -0.15) is 0 Å². The maximum Gasteiger partial charge on any atom is 0.494 e. The van der Waals surface area contributed by atoms with Crippen LogP contribution in [0.15, 0.2) is 71.2 Å². The fourth-order valence-corrected chi connectivity index (χ4v) is 5.07. The van der Waals surface area contributed by atoms with E-state index < -0.39 is 0 Å². The van der Waals surface area contributed by atoms with Crippen molar-refractivity contribution in [2.45, 2.75) is 58.2 Å². The molecule has 0 aliphatic carbocycles. The third kappa shape index (κ3) is 3.25. The van der Waals surface area contributed by atoms with Crippen molar-refractivity contribution in [2.75, 3.05) is 4.90 Å². The first kappa shape index (κ1) is 21.8. The molecule has 0 unspecified atom stereocenters. The van der Waals surface area contributed by atoms with Crippen molar-refractivity contribution in [3.63, 3.8) is 0 Å². The molecule has 32 heavy (non-hydrogen) atoms. The van der Waals surface area contributed by atoms with Gasteiger partial charge in [0.1, 0.15) is 0 Å². The smallest absolute Gasteiger partial charge is 0.399 e. The minimum absolute atomic E-state index is 0.181. The van der Waals surface area contributed by atoms with Gasteiger partial charge in [0, 0.05) is 15.6 Å². The summed E-state index contributed by atoms with van der Waals surface area (Å²) in [7, 11) is -0.379. The summed E-state index contributed by atoms with van der Waals surface area (Å²) in [6, 6.07) is 23.8. The summed E-state index contributed by atoms with van der Waals surface area (Å²) >= 11 is 3.69. The van der Waals surface area contributed by atoms with E-state index in [9.17, 15) is 0 Å². The Hall–Kier alpha value is -2.08. The number of hydrogen-bond donors (Lipinski definition) is 0. The van der Waals surface area contributed by atoms with Gasteiger partial charge in [0.05, 0.1) is 22.6 Å². The van der Waals surface area contributed by atoms with Crippen LogP contribution in [-0.2, 0) is 14.7 Å². The average molecular weight is 490 g/mol. The maximum absolute atomic E-state index is 6.37. The zero-order valence-electron chi connectivity index (χ0n) is 19.6. The molecule has 0 amide bonds. The van der Waals surface area contributed by atoms with Gasteiger partial charge in [-0.25, -0.2) is 0 Å². The highest BCUT2D eigenvalue weighted by atomic mass is 79.9. The Balaban J connectivity index is 1.69. The van der Waals surface area contributed by atoms with E-state index >= 15 is 0 Å². The van der Waals surface area contributed by atoms with Gasteiger partial charge in [0.15, 0.2) is 0 Å². The van der Waals surface area contributed by atoms with Gasteiger partial charge < -0.3 is 14.2 Å². The highest BCUT2D eigenvalue weighted by Crippen LogP contribution is 2.52. The van der Waals surface area contributed by atoms with E-state index in [1.807, 2.05) is 0 Å². The molecule has 1 fully saturated rings. The Labute approximate surface area is 200 Å². The molecule has 0 saturated carbocycles. The van der Waals surface area contributed by atoms with Gasteiger partial charge in [0.25, 0.3) is 0 Å². The van der Waals surface area contributed by atoms with E-state index in [-0.39, 0.29) is 23.7 Å². The first-order valence-corrected chi connectivity index (χ1v) is 12.0. The first-order valence-electron chi connectivity index (χ1n) is 11.2. The highest BCUT2D eigenvalue weighted by Gasteiger charge is 2.52. The molecule has 0 aromatic heterocycles. The van der Waals surface area contributed by atoms with Gasteiger partial charge in [-0.15, -0.1) is 0 Å². The summed E-state index contributed by atoms with van der Waals surface area (Å²) in [5, 5.41) is 0. The summed E-state index contributed by atoms with van der Waals surface area (Å²) in [6.45, 7) is 13.0. The maximum atomic E-state index is 6.37. The molecule has 2 aliphatic heterocycles. The summed E-state index contributed by atoms with van der Waals surface area (Å²) in [5.41, 5.74) is 6.25. The molecule has 3 nitrogen and oxygen atoms in total. The molecule has 5 rings (SSSR count). The van der Waals surface area contributed by atoms with Crippen molar-refractivity contribution in [1.82, 2.24) is 0 Å². The van der Waals surface area contributed by atoms with E-state index in [0.29, 0.717) is 0 Å². The Kier molecular flexibility index (Phi) is 4.90. The fraction of sp³-hybridized carbons (Fsp3) is 0.333. The quantitative estimate of drug-likeness (QED) is 0.367. The summed E-state index contributed by atoms with van der Waals surface area (Å²) in [5.74, 6) is 0. The summed E-state index contributed by atoms with van der Waals surface area (Å²) in [4.78, 5) is 2.36. The molecule has 0 atom stereocenters. The van der Waals surface area contributed by atoms with Crippen molar-refractivity contribution in [2.24, 2.45) is 0 Å². The number of benzene rings is 3. The lowest BCUT2D eigenvalue weighted by atomic mass is 9.69. The SMILES string of the molecule is CC1(C)c2cc(Br)ccc2N(c2ccccc2)c2ccc(B3OC(C)(C)C(C)(C)O3)cc21. The number of halogens is 1. The number of para-hydroxylation sites is 1. The van der Waals surface area contributed by atoms with Gasteiger partial charge in [-0.1, -0.05) is 60.1 Å². The normalized spacial score (nSPS) is 20.1. The lowest BCUT2D eigenvalue weighted by molar-refractivity contribution is 0.00578. The minimum Gasteiger partial charge on any atom is -0.399 e. The molecule has 3 aromatic carbocycles. The summed E-state index contributed by atoms with van der Waals surface area (Å²) < 4.78 is 13.8.